The third-order valence-corrected chi connectivity index (χ3v) is 4.79. The zero-order valence-corrected chi connectivity index (χ0v) is 16.8. The van der Waals surface area contributed by atoms with Crippen molar-refractivity contribution in [2.75, 3.05) is 0 Å². The second-order valence-electron chi connectivity index (χ2n) is 8.55. The zero-order valence-electron chi connectivity index (χ0n) is 16.8. The van der Waals surface area contributed by atoms with Gasteiger partial charge in [0.2, 0.25) is 0 Å². The lowest BCUT2D eigenvalue weighted by molar-refractivity contribution is -0.117. The molecule has 3 rings (SSSR count). The topological polar surface area (TPSA) is 67.5 Å². The maximum absolute atomic E-state index is 12.8. The molecule has 0 amide bonds. The average molecular weight is 378 g/mol. The summed E-state index contributed by atoms with van der Waals surface area (Å²) in [5.41, 5.74) is 1.62. The predicted octanol–water partition coefficient (Wildman–Crippen LogP) is 5.20. The quantitative estimate of drug-likeness (QED) is 0.620. The van der Waals surface area contributed by atoms with Crippen LogP contribution in [0.1, 0.15) is 56.7 Å². The Bertz CT molecular complexity index is 1060. The van der Waals surface area contributed by atoms with Crippen molar-refractivity contribution in [2.45, 2.75) is 46.5 Å². The van der Waals surface area contributed by atoms with Gasteiger partial charge in [-0.1, -0.05) is 63.2 Å². The molecular formula is C24H26O4. The van der Waals surface area contributed by atoms with Gasteiger partial charge in [-0.3, -0.25) is 4.79 Å². The van der Waals surface area contributed by atoms with Crippen molar-refractivity contribution in [3.8, 4) is 5.75 Å². The number of fused-ring (bicyclic) bond motifs is 1. The van der Waals surface area contributed by atoms with E-state index in [1.165, 1.54) is 6.92 Å². The van der Waals surface area contributed by atoms with Crippen molar-refractivity contribution in [2.24, 2.45) is 5.41 Å². The molecule has 0 bridgehead atoms. The molecule has 2 aromatic carbocycles. The Balaban J connectivity index is 2.28. The molecule has 1 unspecified atom stereocenters. The molecule has 0 fully saturated rings. The molecule has 3 aromatic rings. The van der Waals surface area contributed by atoms with Gasteiger partial charge in [0.25, 0.3) is 0 Å². The van der Waals surface area contributed by atoms with E-state index in [1.807, 2.05) is 42.5 Å². The van der Waals surface area contributed by atoms with Crippen LogP contribution in [0.25, 0.3) is 11.0 Å². The highest BCUT2D eigenvalue weighted by Gasteiger charge is 2.27. The van der Waals surface area contributed by atoms with Gasteiger partial charge < -0.3 is 9.52 Å². The summed E-state index contributed by atoms with van der Waals surface area (Å²) in [7, 11) is 0. The minimum Gasteiger partial charge on any atom is -0.507 e. The molecule has 146 valence electrons. The van der Waals surface area contributed by atoms with E-state index in [4.69, 9.17) is 4.42 Å². The molecule has 0 saturated heterocycles. The Morgan fingerprint density at radius 1 is 1.07 bits per heavy atom. The Morgan fingerprint density at radius 2 is 1.75 bits per heavy atom. The molecule has 0 aliphatic rings. The van der Waals surface area contributed by atoms with Crippen molar-refractivity contribution >= 4 is 16.8 Å². The van der Waals surface area contributed by atoms with Gasteiger partial charge in [0.05, 0.1) is 10.9 Å². The number of benzene rings is 2. The molecule has 0 radical (unpaired) electrons. The van der Waals surface area contributed by atoms with Crippen LogP contribution in [0.5, 0.6) is 5.75 Å². The Hall–Kier alpha value is -2.88. The first-order valence-electron chi connectivity index (χ1n) is 9.49. The number of aromatic hydroxyl groups is 1. The van der Waals surface area contributed by atoms with Crippen LogP contribution in [-0.2, 0) is 11.2 Å². The van der Waals surface area contributed by atoms with Crippen molar-refractivity contribution in [1.29, 1.82) is 0 Å². The normalized spacial score (nSPS) is 12.9. The van der Waals surface area contributed by atoms with Crippen LogP contribution >= 0.6 is 0 Å². The monoisotopic (exact) mass is 378 g/mol. The van der Waals surface area contributed by atoms with Crippen LogP contribution in [0.3, 0.4) is 0 Å². The summed E-state index contributed by atoms with van der Waals surface area (Å²) in [6.07, 6.45) is 0.836. The maximum Gasteiger partial charge on any atom is 0.343 e. The molecule has 0 saturated carbocycles. The lowest BCUT2D eigenvalue weighted by atomic mass is 9.84. The molecule has 4 nitrogen and oxygen atoms in total. The molecule has 1 heterocycles. The molecule has 4 heteroatoms. The Labute approximate surface area is 164 Å². The van der Waals surface area contributed by atoms with E-state index >= 15 is 0 Å². The predicted molar refractivity (Wildman–Crippen MR) is 111 cm³/mol. The zero-order chi connectivity index (χ0) is 20.5. The maximum atomic E-state index is 12.8. The third-order valence-electron chi connectivity index (χ3n) is 4.79. The van der Waals surface area contributed by atoms with Gasteiger partial charge in [0, 0.05) is 12.3 Å². The van der Waals surface area contributed by atoms with Gasteiger partial charge in [0.15, 0.2) is 0 Å². The SMILES string of the molecule is CC(=O)CC(c1ccccc1)c1c(O)c2c(CC(C)(C)C)cccc2oc1=O. The summed E-state index contributed by atoms with van der Waals surface area (Å²) in [4.78, 5) is 24.7. The number of carbonyl (C=O) groups is 1. The van der Waals surface area contributed by atoms with Crippen LogP contribution in [0.2, 0.25) is 0 Å². The summed E-state index contributed by atoms with van der Waals surface area (Å²) in [6, 6.07) is 14.8. The molecule has 28 heavy (non-hydrogen) atoms. The summed E-state index contributed by atoms with van der Waals surface area (Å²) in [6.45, 7) is 7.84. The van der Waals surface area contributed by atoms with Crippen LogP contribution in [0, 0.1) is 5.41 Å². The number of rotatable bonds is 5. The van der Waals surface area contributed by atoms with Gasteiger partial charge in [-0.25, -0.2) is 4.79 Å². The second-order valence-corrected chi connectivity index (χ2v) is 8.55. The first-order chi connectivity index (χ1) is 13.2. The van der Waals surface area contributed by atoms with Gasteiger partial charge in [0.1, 0.15) is 17.1 Å². The van der Waals surface area contributed by atoms with E-state index in [9.17, 15) is 14.7 Å². The second kappa shape index (κ2) is 7.63. The highest BCUT2D eigenvalue weighted by Crippen LogP contribution is 2.39. The highest BCUT2D eigenvalue weighted by atomic mass is 16.4. The van der Waals surface area contributed by atoms with Crippen LogP contribution < -0.4 is 5.63 Å². The minimum absolute atomic E-state index is 0.00472. The molecule has 1 atom stereocenters. The van der Waals surface area contributed by atoms with Gasteiger partial charge in [-0.05, 0) is 36.0 Å². The smallest absolute Gasteiger partial charge is 0.343 e. The van der Waals surface area contributed by atoms with E-state index in [0.717, 1.165) is 11.1 Å². The summed E-state index contributed by atoms with van der Waals surface area (Å²) >= 11 is 0. The molecule has 0 aliphatic carbocycles. The van der Waals surface area contributed by atoms with E-state index < -0.39 is 11.5 Å². The Morgan fingerprint density at radius 3 is 2.36 bits per heavy atom. The first kappa shape index (κ1) is 19.9. The number of carbonyl (C=O) groups excluding carboxylic acids is 1. The lowest BCUT2D eigenvalue weighted by Gasteiger charge is -2.21. The molecule has 1 N–H and O–H groups in total. The van der Waals surface area contributed by atoms with Crippen LogP contribution in [-0.4, -0.2) is 10.9 Å². The minimum atomic E-state index is -0.604. The molecule has 1 aromatic heterocycles. The Kier molecular flexibility index (Phi) is 5.41. The fourth-order valence-corrected chi connectivity index (χ4v) is 3.70. The largest absolute Gasteiger partial charge is 0.507 e. The molecule has 0 spiro atoms. The third kappa shape index (κ3) is 4.16. The summed E-state index contributed by atoms with van der Waals surface area (Å²) < 4.78 is 5.59. The first-order valence-corrected chi connectivity index (χ1v) is 9.49. The van der Waals surface area contributed by atoms with E-state index in [1.54, 1.807) is 6.07 Å². The summed E-state index contributed by atoms with van der Waals surface area (Å²) in [5.74, 6) is -0.695. The fourth-order valence-electron chi connectivity index (χ4n) is 3.70. The number of hydrogen-bond acceptors (Lipinski definition) is 4. The van der Waals surface area contributed by atoms with Gasteiger partial charge in [-0.2, -0.15) is 0 Å². The molecular weight excluding hydrogens is 352 g/mol. The van der Waals surface area contributed by atoms with E-state index in [2.05, 4.69) is 20.8 Å². The van der Waals surface area contributed by atoms with Crippen LogP contribution in [0.15, 0.2) is 57.7 Å². The lowest BCUT2D eigenvalue weighted by Crippen LogP contribution is -2.17. The van der Waals surface area contributed by atoms with E-state index in [0.29, 0.717) is 17.4 Å². The van der Waals surface area contributed by atoms with Gasteiger partial charge in [-0.15, -0.1) is 0 Å². The fraction of sp³-hybridized carbons (Fsp3) is 0.333. The van der Waals surface area contributed by atoms with Crippen molar-refractivity contribution in [1.82, 2.24) is 0 Å². The van der Waals surface area contributed by atoms with Crippen molar-refractivity contribution in [3.63, 3.8) is 0 Å². The average Bonchev–Trinajstić information content (AvgIpc) is 2.59. The standard InChI is InChI=1S/C24H26O4/c1-15(25)13-18(16-9-6-5-7-10-16)21-22(26)20-17(14-24(2,3)4)11-8-12-19(20)28-23(21)27/h5-12,18,26H,13-14H2,1-4H3. The van der Waals surface area contributed by atoms with Gasteiger partial charge >= 0.3 is 5.63 Å². The number of Topliss-reactive ketones (excluding diaryl/α,β-unsaturated/α-hetero) is 1. The van der Waals surface area contributed by atoms with Crippen LogP contribution in [0.4, 0.5) is 0 Å². The molecule has 0 aliphatic heterocycles. The number of ketones is 1. The summed E-state index contributed by atoms with van der Waals surface area (Å²) in [5, 5.41) is 11.7. The highest BCUT2D eigenvalue weighted by molar-refractivity contribution is 5.88. The van der Waals surface area contributed by atoms with E-state index in [-0.39, 0.29) is 28.9 Å². The van der Waals surface area contributed by atoms with Crippen molar-refractivity contribution < 1.29 is 14.3 Å². The van der Waals surface area contributed by atoms with Crippen molar-refractivity contribution in [3.05, 3.63) is 75.6 Å². The number of hydrogen-bond donors (Lipinski definition) is 1.